The molecule has 1 unspecified atom stereocenters. The van der Waals surface area contributed by atoms with E-state index in [0.717, 1.165) is 12.1 Å². The maximum atomic E-state index is 3.67. The summed E-state index contributed by atoms with van der Waals surface area (Å²) in [7, 11) is 0. The van der Waals surface area contributed by atoms with Gasteiger partial charge < -0.3 is 5.32 Å². The summed E-state index contributed by atoms with van der Waals surface area (Å²) in [6.07, 6.45) is 11.4. The first kappa shape index (κ1) is 12.4. The van der Waals surface area contributed by atoms with Gasteiger partial charge in [-0.05, 0) is 32.2 Å². The second kappa shape index (κ2) is 6.61. The van der Waals surface area contributed by atoms with Crippen LogP contribution < -0.4 is 5.32 Å². The molecule has 0 aromatic rings. The van der Waals surface area contributed by atoms with Crippen LogP contribution in [0.3, 0.4) is 0 Å². The van der Waals surface area contributed by atoms with Gasteiger partial charge in [-0.15, -0.1) is 0 Å². The summed E-state index contributed by atoms with van der Waals surface area (Å²) in [5, 5.41) is 3.67. The third-order valence-corrected chi connectivity index (χ3v) is 4.24. The molecular formula is C14H28N2. The molecule has 2 rings (SSSR count). The van der Waals surface area contributed by atoms with Crippen molar-refractivity contribution in [1.29, 1.82) is 0 Å². The minimum atomic E-state index is 0.781. The summed E-state index contributed by atoms with van der Waals surface area (Å²) >= 11 is 0. The Bertz CT molecular complexity index is 185. The van der Waals surface area contributed by atoms with Gasteiger partial charge in [0.25, 0.3) is 0 Å². The Kier molecular flexibility index (Phi) is 5.11. The Morgan fingerprint density at radius 1 is 1.06 bits per heavy atom. The molecule has 2 fully saturated rings. The van der Waals surface area contributed by atoms with Crippen LogP contribution >= 0.6 is 0 Å². The van der Waals surface area contributed by atoms with Crippen LogP contribution in [0.5, 0.6) is 0 Å². The van der Waals surface area contributed by atoms with E-state index in [-0.39, 0.29) is 0 Å². The second-order valence-corrected chi connectivity index (χ2v) is 5.58. The molecule has 0 bridgehead atoms. The van der Waals surface area contributed by atoms with Crippen LogP contribution in [0, 0.1) is 0 Å². The smallest absolute Gasteiger partial charge is 0.0207 e. The fourth-order valence-corrected chi connectivity index (χ4v) is 3.26. The summed E-state index contributed by atoms with van der Waals surface area (Å²) in [5.41, 5.74) is 0. The lowest BCUT2D eigenvalue weighted by molar-refractivity contribution is 0.216. The van der Waals surface area contributed by atoms with Crippen molar-refractivity contribution in [3.8, 4) is 0 Å². The zero-order valence-corrected chi connectivity index (χ0v) is 10.9. The van der Waals surface area contributed by atoms with E-state index in [1.54, 1.807) is 0 Å². The Labute approximate surface area is 101 Å². The zero-order chi connectivity index (χ0) is 11.2. The van der Waals surface area contributed by atoms with Gasteiger partial charge in [0.1, 0.15) is 0 Å². The highest BCUT2D eigenvalue weighted by Crippen LogP contribution is 2.24. The van der Waals surface area contributed by atoms with Crippen LogP contribution in [0.1, 0.15) is 58.3 Å². The first-order chi connectivity index (χ1) is 7.90. The summed E-state index contributed by atoms with van der Waals surface area (Å²) in [4.78, 5) is 2.76. The summed E-state index contributed by atoms with van der Waals surface area (Å²) in [6, 6.07) is 1.69. The highest BCUT2D eigenvalue weighted by molar-refractivity contribution is 4.86. The normalized spacial score (nSPS) is 29.4. The highest BCUT2D eigenvalue weighted by atomic mass is 15.2. The number of nitrogens with one attached hydrogen (secondary N) is 1. The van der Waals surface area contributed by atoms with Gasteiger partial charge in [0.15, 0.2) is 0 Å². The predicted octanol–water partition coefficient (Wildman–Crippen LogP) is 2.78. The van der Waals surface area contributed by atoms with Gasteiger partial charge in [-0.2, -0.15) is 0 Å². The molecule has 1 atom stereocenters. The Hall–Kier alpha value is -0.0800. The molecule has 1 aliphatic heterocycles. The first-order valence-corrected chi connectivity index (χ1v) is 7.37. The third kappa shape index (κ3) is 3.46. The summed E-state index contributed by atoms with van der Waals surface area (Å²) in [5.74, 6) is 0. The van der Waals surface area contributed by atoms with E-state index < -0.39 is 0 Å². The van der Waals surface area contributed by atoms with Gasteiger partial charge in [-0.3, -0.25) is 4.90 Å². The lowest BCUT2D eigenvalue weighted by Crippen LogP contribution is -2.37. The molecule has 1 saturated heterocycles. The largest absolute Gasteiger partial charge is 0.313 e. The molecule has 0 radical (unpaired) electrons. The monoisotopic (exact) mass is 224 g/mol. The Morgan fingerprint density at radius 3 is 2.50 bits per heavy atom. The van der Waals surface area contributed by atoms with Crippen LogP contribution in [0.4, 0.5) is 0 Å². The lowest BCUT2D eigenvalue weighted by Gasteiger charge is -2.26. The van der Waals surface area contributed by atoms with Crippen LogP contribution in [0.15, 0.2) is 0 Å². The molecule has 1 heterocycles. The third-order valence-electron chi connectivity index (χ3n) is 4.24. The maximum Gasteiger partial charge on any atom is 0.0207 e. The van der Waals surface area contributed by atoms with Gasteiger partial charge in [-0.25, -0.2) is 0 Å². The molecule has 0 spiro atoms. The number of nitrogens with zero attached hydrogens (tertiary/aromatic N) is 1. The standard InChI is InChI=1S/C14H28N2/c1-2-10-15-13-9-11-16(12-13)14-7-5-3-4-6-8-14/h13-15H,2-12H2,1H3. The lowest BCUT2D eigenvalue weighted by atomic mass is 10.1. The van der Waals surface area contributed by atoms with Crippen LogP contribution in [0.2, 0.25) is 0 Å². The van der Waals surface area contributed by atoms with Crippen LogP contribution in [-0.2, 0) is 0 Å². The van der Waals surface area contributed by atoms with Crippen molar-refractivity contribution in [2.45, 2.75) is 70.4 Å². The molecule has 0 aromatic heterocycles. The molecule has 1 aliphatic carbocycles. The molecule has 2 heteroatoms. The fourth-order valence-electron chi connectivity index (χ4n) is 3.26. The average Bonchev–Trinajstić information content (AvgIpc) is 2.60. The van der Waals surface area contributed by atoms with Gasteiger partial charge in [0, 0.05) is 25.2 Å². The van der Waals surface area contributed by atoms with Gasteiger partial charge >= 0.3 is 0 Å². The molecule has 2 nitrogen and oxygen atoms in total. The van der Waals surface area contributed by atoms with Crippen molar-refractivity contribution >= 4 is 0 Å². The van der Waals surface area contributed by atoms with E-state index in [0.29, 0.717) is 0 Å². The van der Waals surface area contributed by atoms with Crippen molar-refractivity contribution in [3.63, 3.8) is 0 Å². The quantitative estimate of drug-likeness (QED) is 0.739. The van der Waals surface area contributed by atoms with Gasteiger partial charge in [0.05, 0.1) is 0 Å². The van der Waals surface area contributed by atoms with Crippen molar-refractivity contribution in [1.82, 2.24) is 10.2 Å². The van der Waals surface area contributed by atoms with Crippen molar-refractivity contribution in [2.24, 2.45) is 0 Å². The van der Waals surface area contributed by atoms with Gasteiger partial charge in [0.2, 0.25) is 0 Å². The van der Waals surface area contributed by atoms with Crippen molar-refractivity contribution in [2.75, 3.05) is 19.6 Å². The van der Waals surface area contributed by atoms with E-state index in [2.05, 4.69) is 17.1 Å². The Balaban J connectivity index is 1.73. The molecule has 1 N–H and O–H groups in total. The minimum absolute atomic E-state index is 0.781. The average molecular weight is 224 g/mol. The number of hydrogen-bond acceptors (Lipinski definition) is 2. The predicted molar refractivity (Wildman–Crippen MR) is 69.8 cm³/mol. The second-order valence-electron chi connectivity index (χ2n) is 5.58. The van der Waals surface area contributed by atoms with Crippen LogP contribution in [0.25, 0.3) is 0 Å². The van der Waals surface area contributed by atoms with E-state index in [1.807, 2.05) is 0 Å². The topological polar surface area (TPSA) is 15.3 Å². The fraction of sp³-hybridized carbons (Fsp3) is 1.00. The van der Waals surface area contributed by atoms with E-state index >= 15 is 0 Å². The summed E-state index contributed by atoms with van der Waals surface area (Å²) < 4.78 is 0. The first-order valence-electron chi connectivity index (χ1n) is 7.37. The van der Waals surface area contributed by atoms with E-state index in [4.69, 9.17) is 0 Å². The Morgan fingerprint density at radius 2 is 1.81 bits per heavy atom. The maximum absolute atomic E-state index is 3.67. The molecule has 1 saturated carbocycles. The number of likely N-dealkylation sites (tertiary alicyclic amines) is 1. The molecular weight excluding hydrogens is 196 g/mol. The van der Waals surface area contributed by atoms with Crippen molar-refractivity contribution < 1.29 is 0 Å². The SMILES string of the molecule is CCCNC1CCN(C2CCCCCC2)C1. The number of rotatable bonds is 4. The summed E-state index contributed by atoms with van der Waals surface area (Å²) in [6.45, 7) is 6.10. The molecule has 0 aromatic carbocycles. The van der Waals surface area contributed by atoms with Crippen molar-refractivity contribution in [3.05, 3.63) is 0 Å². The molecule has 94 valence electrons. The minimum Gasteiger partial charge on any atom is -0.313 e. The molecule has 2 aliphatic rings. The van der Waals surface area contributed by atoms with E-state index in [1.165, 1.54) is 71.0 Å². The van der Waals surface area contributed by atoms with Crippen LogP contribution in [-0.4, -0.2) is 36.6 Å². The van der Waals surface area contributed by atoms with E-state index in [9.17, 15) is 0 Å². The molecule has 0 amide bonds. The zero-order valence-electron chi connectivity index (χ0n) is 10.9. The highest BCUT2D eigenvalue weighted by Gasteiger charge is 2.27. The van der Waals surface area contributed by atoms with Gasteiger partial charge in [-0.1, -0.05) is 32.6 Å². The molecule has 16 heavy (non-hydrogen) atoms. The number of hydrogen-bond donors (Lipinski definition) is 1.